The summed E-state index contributed by atoms with van der Waals surface area (Å²) in [6.45, 7) is 3.34. The fourth-order valence-electron chi connectivity index (χ4n) is 1.30. The quantitative estimate of drug-likeness (QED) is 0.408. The van der Waals surface area contributed by atoms with Crippen LogP contribution in [-0.2, 0) is 4.74 Å². The molecule has 6 heteroatoms. The van der Waals surface area contributed by atoms with Crippen LogP contribution in [0, 0.1) is 15.9 Å². The van der Waals surface area contributed by atoms with E-state index in [0.717, 1.165) is 25.0 Å². The summed E-state index contributed by atoms with van der Waals surface area (Å²) < 4.78 is 23.5. The van der Waals surface area contributed by atoms with E-state index in [1.54, 1.807) is 0 Å². The lowest BCUT2D eigenvalue weighted by molar-refractivity contribution is -0.385. The van der Waals surface area contributed by atoms with Crippen LogP contribution in [0.4, 0.5) is 10.1 Å². The summed E-state index contributed by atoms with van der Waals surface area (Å²) in [6, 6.07) is 3.15. The Morgan fingerprint density at radius 2 is 2.06 bits per heavy atom. The number of unbranched alkanes of at least 4 members (excludes halogenated alkanes) is 1. The summed E-state index contributed by atoms with van der Waals surface area (Å²) in [5, 5.41) is 10.5. The third-order valence-corrected chi connectivity index (χ3v) is 2.21. The third kappa shape index (κ3) is 5.09. The maximum Gasteiger partial charge on any atom is 0.276 e. The SMILES string of the molecule is CCCCOCCOc1cc(F)cc([N+](=O)[O-])c1. The Balaban J connectivity index is 2.40. The molecule has 18 heavy (non-hydrogen) atoms. The van der Waals surface area contributed by atoms with Gasteiger partial charge in [-0.25, -0.2) is 4.39 Å². The van der Waals surface area contributed by atoms with Gasteiger partial charge in [0.05, 0.1) is 23.7 Å². The van der Waals surface area contributed by atoms with Gasteiger partial charge in [0.25, 0.3) is 5.69 Å². The van der Waals surface area contributed by atoms with E-state index in [0.29, 0.717) is 13.2 Å². The van der Waals surface area contributed by atoms with Crippen LogP contribution in [0.25, 0.3) is 0 Å². The molecule has 0 aliphatic heterocycles. The molecule has 0 aliphatic rings. The molecule has 0 aromatic heterocycles. The largest absolute Gasteiger partial charge is 0.491 e. The number of nitro groups is 1. The minimum Gasteiger partial charge on any atom is -0.491 e. The van der Waals surface area contributed by atoms with Crippen molar-refractivity contribution in [2.24, 2.45) is 0 Å². The summed E-state index contributed by atoms with van der Waals surface area (Å²) in [4.78, 5) is 9.85. The van der Waals surface area contributed by atoms with Crippen LogP contribution in [-0.4, -0.2) is 24.7 Å². The first-order valence-electron chi connectivity index (χ1n) is 5.79. The minimum absolute atomic E-state index is 0.140. The number of hydrogen-bond donors (Lipinski definition) is 0. The van der Waals surface area contributed by atoms with Crippen molar-refractivity contribution < 1.29 is 18.8 Å². The number of nitro benzene ring substituents is 1. The molecule has 0 bridgehead atoms. The standard InChI is InChI=1S/C12H16FNO4/c1-2-3-4-17-5-6-18-12-8-10(13)7-11(9-12)14(15)16/h7-9H,2-6H2,1H3. The Morgan fingerprint density at radius 3 is 2.72 bits per heavy atom. The average molecular weight is 257 g/mol. The fraction of sp³-hybridized carbons (Fsp3) is 0.500. The molecule has 0 aliphatic carbocycles. The van der Waals surface area contributed by atoms with Gasteiger partial charge in [0.2, 0.25) is 0 Å². The first-order chi connectivity index (χ1) is 8.63. The normalized spacial score (nSPS) is 10.3. The van der Waals surface area contributed by atoms with Gasteiger partial charge in [-0.3, -0.25) is 10.1 Å². The summed E-state index contributed by atoms with van der Waals surface area (Å²) in [5.41, 5.74) is -0.322. The van der Waals surface area contributed by atoms with Crippen LogP contribution in [0.5, 0.6) is 5.75 Å². The van der Waals surface area contributed by atoms with Gasteiger partial charge in [0.1, 0.15) is 18.2 Å². The van der Waals surface area contributed by atoms with Crippen molar-refractivity contribution in [3.05, 3.63) is 34.1 Å². The highest BCUT2D eigenvalue weighted by molar-refractivity contribution is 5.38. The van der Waals surface area contributed by atoms with Gasteiger partial charge in [-0.2, -0.15) is 0 Å². The lowest BCUT2D eigenvalue weighted by Gasteiger charge is -2.07. The van der Waals surface area contributed by atoms with Gasteiger partial charge < -0.3 is 9.47 Å². The van der Waals surface area contributed by atoms with E-state index < -0.39 is 10.7 Å². The molecular weight excluding hydrogens is 241 g/mol. The van der Waals surface area contributed by atoms with E-state index in [9.17, 15) is 14.5 Å². The molecular formula is C12H16FNO4. The second kappa shape index (κ2) is 7.60. The van der Waals surface area contributed by atoms with Crippen molar-refractivity contribution in [1.82, 2.24) is 0 Å². The second-order valence-electron chi connectivity index (χ2n) is 3.72. The first kappa shape index (κ1) is 14.4. The molecule has 0 spiro atoms. The summed E-state index contributed by atoms with van der Waals surface area (Å²) >= 11 is 0. The van der Waals surface area contributed by atoms with Crippen LogP contribution in [0.1, 0.15) is 19.8 Å². The van der Waals surface area contributed by atoms with E-state index in [4.69, 9.17) is 9.47 Å². The summed E-state index contributed by atoms with van der Waals surface area (Å²) in [7, 11) is 0. The monoisotopic (exact) mass is 257 g/mol. The fourth-order valence-corrected chi connectivity index (χ4v) is 1.30. The van der Waals surface area contributed by atoms with Gasteiger partial charge in [-0.1, -0.05) is 13.3 Å². The van der Waals surface area contributed by atoms with Crippen molar-refractivity contribution in [2.75, 3.05) is 19.8 Å². The van der Waals surface area contributed by atoms with Crippen LogP contribution < -0.4 is 4.74 Å². The molecule has 1 aromatic carbocycles. The molecule has 1 rings (SSSR count). The second-order valence-corrected chi connectivity index (χ2v) is 3.72. The van der Waals surface area contributed by atoms with Crippen molar-refractivity contribution in [1.29, 1.82) is 0 Å². The number of benzene rings is 1. The van der Waals surface area contributed by atoms with E-state index in [1.807, 2.05) is 0 Å². The molecule has 0 radical (unpaired) electrons. The van der Waals surface area contributed by atoms with Crippen LogP contribution in [0.15, 0.2) is 18.2 Å². The Morgan fingerprint density at radius 1 is 1.28 bits per heavy atom. The van der Waals surface area contributed by atoms with Crippen molar-refractivity contribution in [3.63, 3.8) is 0 Å². The van der Waals surface area contributed by atoms with E-state index in [2.05, 4.69) is 6.92 Å². The van der Waals surface area contributed by atoms with Gasteiger partial charge in [0.15, 0.2) is 0 Å². The summed E-state index contributed by atoms with van der Waals surface area (Å²) in [5.74, 6) is -0.549. The van der Waals surface area contributed by atoms with E-state index >= 15 is 0 Å². The van der Waals surface area contributed by atoms with Crippen LogP contribution in [0.3, 0.4) is 0 Å². The van der Waals surface area contributed by atoms with E-state index in [1.165, 1.54) is 6.07 Å². The number of halogens is 1. The molecule has 0 fully saturated rings. The van der Waals surface area contributed by atoms with Crippen LogP contribution in [0.2, 0.25) is 0 Å². The number of non-ortho nitro benzene ring substituents is 1. The smallest absolute Gasteiger partial charge is 0.276 e. The Labute approximate surface area is 105 Å². The van der Waals surface area contributed by atoms with Crippen LogP contribution >= 0.6 is 0 Å². The predicted octanol–water partition coefficient (Wildman–Crippen LogP) is 2.93. The number of rotatable bonds is 8. The van der Waals surface area contributed by atoms with Gasteiger partial charge in [-0.05, 0) is 6.42 Å². The minimum atomic E-state index is -0.689. The van der Waals surface area contributed by atoms with Crippen molar-refractivity contribution in [3.8, 4) is 5.75 Å². The first-order valence-corrected chi connectivity index (χ1v) is 5.79. The molecule has 1 aromatic rings. The van der Waals surface area contributed by atoms with Gasteiger partial charge in [0, 0.05) is 12.7 Å². The average Bonchev–Trinajstić information content (AvgIpc) is 2.33. The molecule has 0 saturated heterocycles. The highest BCUT2D eigenvalue weighted by atomic mass is 19.1. The molecule has 0 N–H and O–H groups in total. The maximum atomic E-state index is 13.0. The molecule has 0 saturated carbocycles. The highest BCUT2D eigenvalue weighted by Gasteiger charge is 2.10. The molecule has 0 heterocycles. The van der Waals surface area contributed by atoms with Gasteiger partial charge >= 0.3 is 0 Å². The molecule has 0 amide bonds. The van der Waals surface area contributed by atoms with Crippen molar-refractivity contribution >= 4 is 5.69 Å². The zero-order valence-corrected chi connectivity index (χ0v) is 10.2. The lowest BCUT2D eigenvalue weighted by Crippen LogP contribution is -2.07. The molecule has 100 valence electrons. The summed E-state index contributed by atoms with van der Waals surface area (Å²) in [6.07, 6.45) is 2.03. The van der Waals surface area contributed by atoms with Gasteiger partial charge in [-0.15, -0.1) is 0 Å². The topological polar surface area (TPSA) is 61.6 Å². The van der Waals surface area contributed by atoms with E-state index in [-0.39, 0.29) is 18.0 Å². The molecule has 0 atom stereocenters. The third-order valence-electron chi connectivity index (χ3n) is 2.21. The zero-order valence-electron chi connectivity index (χ0n) is 10.2. The number of nitrogens with zero attached hydrogens (tertiary/aromatic N) is 1. The predicted molar refractivity (Wildman–Crippen MR) is 64.3 cm³/mol. The Kier molecular flexibility index (Phi) is 6.07. The highest BCUT2D eigenvalue weighted by Crippen LogP contribution is 2.21. The molecule has 5 nitrogen and oxygen atoms in total. The number of ether oxygens (including phenoxy) is 2. The molecule has 0 unspecified atom stereocenters. The Hall–Kier alpha value is -1.69. The Bertz CT molecular complexity index is 398. The maximum absolute atomic E-state index is 13.0. The number of hydrogen-bond acceptors (Lipinski definition) is 4. The lowest BCUT2D eigenvalue weighted by atomic mass is 10.3. The zero-order chi connectivity index (χ0) is 13.4. The van der Waals surface area contributed by atoms with Crippen molar-refractivity contribution in [2.45, 2.75) is 19.8 Å².